The molecule has 8 nitrogen and oxygen atoms in total. The molecule has 3 rings (SSSR count). The maximum Gasteiger partial charge on any atom is 0.584 e. The predicted octanol–water partition coefficient (Wildman–Crippen LogP) is 4.50. The average Bonchev–Trinajstić information content (AvgIpc) is 2.78. The van der Waals surface area contributed by atoms with Crippen LogP contribution in [-0.4, -0.2) is 32.0 Å². The van der Waals surface area contributed by atoms with Crippen LogP contribution in [0.5, 0.6) is 28.7 Å². The SMILES string of the molecule is COc1ccc(C(=O)c2c(OC)cc(OP(=O)(O)Oc3ccccc3)cc2OC)cc1. The van der Waals surface area contributed by atoms with E-state index in [9.17, 15) is 14.3 Å². The van der Waals surface area contributed by atoms with Crippen LogP contribution in [0.2, 0.25) is 0 Å². The van der Waals surface area contributed by atoms with Crippen molar-refractivity contribution in [2.45, 2.75) is 0 Å². The van der Waals surface area contributed by atoms with Crippen molar-refractivity contribution in [2.24, 2.45) is 0 Å². The molecule has 0 aliphatic heterocycles. The highest BCUT2D eigenvalue weighted by Crippen LogP contribution is 2.47. The minimum Gasteiger partial charge on any atom is -0.497 e. The van der Waals surface area contributed by atoms with Gasteiger partial charge in [-0.1, -0.05) is 18.2 Å². The van der Waals surface area contributed by atoms with Crippen molar-refractivity contribution < 1.29 is 37.5 Å². The summed E-state index contributed by atoms with van der Waals surface area (Å²) >= 11 is 0. The number of hydrogen-bond acceptors (Lipinski definition) is 7. The van der Waals surface area contributed by atoms with E-state index in [1.54, 1.807) is 42.5 Å². The lowest BCUT2D eigenvalue weighted by Crippen LogP contribution is -2.08. The van der Waals surface area contributed by atoms with Crippen LogP contribution in [0.4, 0.5) is 0 Å². The van der Waals surface area contributed by atoms with Crippen molar-refractivity contribution in [3.63, 3.8) is 0 Å². The summed E-state index contributed by atoms with van der Waals surface area (Å²) in [5, 5.41) is 0. The smallest absolute Gasteiger partial charge is 0.497 e. The Labute approximate surface area is 179 Å². The molecule has 1 N–H and O–H groups in total. The number of rotatable bonds is 9. The molecule has 31 heavy (non-hydrogen) atoms. The summed E-state index contributed by atoms with van der Waals surface area (Å²) < 4.78 is 38.4. The van der Waals surface area contributed by atoms with Gasteiger partial charge in [0.25, 0.3) is 0 Å². The number of para-hydroxylation sites is 1. The molecule has 0 aliphatic rings. The van der Waals surface area contributed by atoms with Gasteiger partial charge in [-0.3, -0.25) is 9.69 Å². The first-order valence-corrected chi connectivity index (χ1v) is 10.6. The molecule has 9 heteroatoms. The van der Waals surface area contributed by atoms with Crippen molar-refractivity contribution >= 4 is 13.6 Å². The van der Waals surface area contributed by atoms with Gasteiger partial charge in [-0.25, -0.2) is 4.57 Å². The van der Waals surface area contributed by atoms with E-state index in [0.717, 1.165) is 0 Å². The maximum absolute atomic E-state index is 13.1. The molecule has 162 valence electrons. The second-order valence-electron chi connectivity index (χ2n) is 6.22. The van der Waals surface area contributed by atoms with E-state index in [2.05, 4.69) is 0 Å². The van der Waals surface area contributed by atoms with E-state index in [-0.39, 0.29) is 34.3 Å². The van der Waals surface area contributed by atoms with Crippen LogP contribution in [-0.2, 0) is 4.57 Å². The van der Waals surface area contributed by atoms with Gasteiger partial charge in [-0.05, 0) is 36.4 Å². The molecule has 0 spiro atoms. The Morgan fingerprint density at radius 3 is 1.81 bits per heavy atom. The van der Waals surface area contributed by atoms with Crippen LogP contribution in [0.15, 0.2) is 66.7 Å². The first-order chi connectivity index (χ1) is 14.9. The first kappa shape index (κ1) is 22.2. The lowest BCUT2D eigenvalue weighted by molar-refractivity contribution is 0.103. The molecule has 3 aromatic rings. The Kier molecular flexibility index (Phi) is 6.84. The molecule has 1 atom stereocenters. The van der Waals surface area contributed by atoms with Gasteiger partial charge >= 0.3 is 7.82 Å². The Hall–Kier alpha value is -3.48. The topological polar surface area (TPSA) is 101 Å². The number of carbonyl (C=O) groups is 1. The van der Waals surface area contributed by atoms with Crippen molar-refractivity contribution in [3.05, 3.63) is 77.9 Å². The molecule has 0 aromatic heterocycles. The number of phosphoric acid groups is 1. The van der Waals surface area contributed by atoms with E-state index in [1.807, 2.05) is 0 Å². The van der Waals surface area contributed by atoms with Gasteiger partial charge in [0, 0.05) is 17.7 Å². The molecule has 0 saturated heterocycles. The number of hydrogen-bond donors (Lipinski definition) is 1. The number of benzene rings is 3. The highest BCUT2D eigenvalue weighted by atomic mass is 31.2. The molecule has 0 saturated carbocycles. The van der Waals surface area contributed by atoms with E-state index in [0.29, 0.717) is 11.3 Å². The summed E-state index contributed by atoms with van der Waals surface area (Å²) in [6, 6.07) is 17.3. The van der Waals surface area contributed by atoms with Gasteiger partial charge in [-0.15, -0.1) is 0 Å². The highest BCUT2D eigenvalue weighted by Gasteiger charge is 2.28. The summed E-state index contributed by atoms with van der Waals surface area (Å²) in [7, 11) is -0.255. The Bertz CT molecular complexity index is 1070. The van der Waals surface area contributed by atoms with E-state index in [1.165, 1.54) is 45.6 Å². The zero-order chi connectivity index (χ0) is 22.4. The second-order valence-corrected chi connectivity index (χ2v) is 7.53. The van der Waals surface area contributed by atoms with Gasteiger partial charge in [0.05, 0.1) is 21.3 Å². The molecular weight excluding hydrogens is 423 g/mol. The van der Waals surface area contributed by atoms with Crippen molar-refractivity contribution in [1.29, 1.82) is 0 Å². The average molecular weight is 444 g/mol. The van der Waals surface area contributed by atoms with Gasteiger partial charge in [-0.2, -0.15) is 0 Å². The van der Waals surface area contributed by atoms with E-state index in [4.69, 9.17) is 23.3 Å². The summed E-state index contributed by atoms with van der Waals surface area (Å²) in [5.41, 5.74) is 0.519. The summed E-state index contributed by atoms with van der Waals surface area (Å²) in [6.07, 6.45) is 0. The van der Waals surface area contributed by atoms with Gasteiger partial charge in [0.15, 0.2) is 0 Å². The van der Waals surface area contributed by atoms with Gasteiger partial charge < -0.3 is 23.3 Å². The molecular formula is C22H21O8P. The van der Waals surface area contributed by atoms with Crippen LogP contribution < -0.4 is 23.3 Å². The van der Waals surface area contributed by atoms with Crippen molar-refractivity contribution in [2.75, 3.05) is 21.3 Å². The third-order valence-electron chi connectivity index (χ3n) is 4.24. The Balaban J connectivity index is 1.92. The monoisotopic (exact) mass is 444 g/mol. The summed E-state index contributed by atoms with van der Waals surface area (Å²) in [5.74, 6) is 0.553. The zero-order valence-corrected chi connectivity index (χ0v) is 18.0. The highest BCUT2D eigenvalue weighted by molar-refractivity contribution is 7.48. The second kappa shape index (κ2) is 9.55. The van der Waals surface area contributed by atoms with Crippen molar-refractivity contribution in [1.82, 2.24) is 0 Å². The fraction of sp³-hybridized carbons (Fsp3) is 0.136. The summed E-state index contributed by atoms with van der Waals surface area (Å²) in [4.78, 5) is 23.2. The molecule has 0 fully saturated rings. The Morgan fingerprint density at radius 1 is 0.742 bits per heavy atom. The molecule has 0 aliphatic carbocycles. The van der Waals surface area contributed by atoms with Crippen LogP contribution in [0.25, 0.3) is 0 Å². The molecule has 0 bridgehead atoms. The minimum absolute atomic E-state index is 0.0678. The lowest BCUT2D eigenvalue weighted by atomic mass is 10.0. The molecule has 0 heterocycles. The third kappa shape index (κ3) is 5.36. The van der Waals surface area contributed by atoms with Crippen molar-refractivity contribution in [3.8, 4) is 28.7 Å². The fourth-order valence-electron chi connectivity index (χ4n) is 2.82. The number of carbonyl (C=O) groups excluding carboxylic acids is 1. The van der Waals surface area contributed by atoms with E-state index >= 15 is 0 Å². The molecule has 0 radical (unpaired) electrons. The number of ketones is 1. The maximum atomic E-state index is 13.1. The quantitative estimate of drug-likeness (QED) is 0.380. The number of phosphoric ester groups is 1. The molecule has 3 aromatic carbocycles. The largest absolute Gasteiger partial charge is 0.584 e. The lowest BCUT2D eigenvalue weighted by Gasteiger charge is -2.17. The van der Waals surface area contributed by atoms with Gasteiger partial charge in [0.2, 0.25) is 5.78 Å². The predicted molar refractivity (Wildman–Crippen MR) is 113 cm³/mol. The first-order valence-electron chi connectivity index (χ1n) is 9.08. The molecule has 0 amide bonds. The number of methoxy groups -OCH3 is 3. The van der Waals surface area contributed by atoms with Crippen LogP contribution in [0.3, 0.4) is 0 Å². The normalized spacial score (nSPS) is 12.4. The minimum atomic E-state index is -4.51. The zero-order valence-electron chi connectivity index (χ0n) is 17.1. The third-order valence-corrected chi connectivity index (χ3v) is 5.13. The summed E-state index contributed by atoms with van der Waals surface area (Å²) in [6.45, 7) is 0. The number of ether oxygens (including phenoxy) is 3. The molecule has 1 unspecified atom stereocenters. The van der Waals surface area contributed by atoms with Crippen LogP contribution >= 0.6 is 7.82 Å². The van der Waals surface area contributed by atoms with Gasteiger partial charge in [0.1, 0.15) is 34.3 Å². The standard InChI is InChI=1S/C22H21O8P/c1-26-16-11-9-15(10-12-16)22(23)21-19(27-2)13-18(14-20(21)28-3)30-31(24,25)29-17-7-5-4-6-8-17/h4-14H,1-3H3,(H,24,25). The Morgan fingerprint density at radius 2 is 1.29 bits per heavy atom. The van der Waals surface area contributed by atoms with Crippen LogP contribution in [0, 0.1) is 0 Å². The fourth-order valence-corrected chi connectivity index (χ4v) is 3.61. The van der Waals surface area contributed by atoms with E-state index < -0.39 is 7.82 Å². The van der Waals surface area contributed by atoms with Crippen LogP contribution in [0.1, 0.15) is 15.9 Å².